The third kappa shape index (κ3) is 2.72. The number of amides is 1. The van der Waals surface area contributed by atoms with E-state index in [4.69, 9.17) is 4.42 Å². The van der Waals surface area contributed by atoms with Crippen LogP contribution < -0.4 is 5.32 Å². The van der Waals surface area contributed by atoms with Gasteiger partial charge >= 0.3 is 0 Å². The molecule has 2 aromatic carbocycles. The summed E-state index contributed by atoms with van der Waals surface area (Å²) in [7, 11) is 0. The maximum absolute atomic E-state index is 12.1. The molecule has 20 heavy (non-hydrogen) atoms. The standard InChI is InChI=1S/C17H15NO2/c19-17(18-9-7-13-8-10-20-12-13)16-6-5-14-3-1-2-4-15(14)11-16/h1-6,8,10-12H,7,9H2,(H,18,19). The van der Waals surface area contributed by atoms with E-state index in [1.54, 1.807) is 12.5 Å². The lowest BCUT2D eigenvalue weighted by Crippen LogP contribution is -2.25. The first-order chi connectivity index (χ1) is 9.83. The van der Waals surface area contributed by atoms with E-state index in [0.29, 0.717) is 12.1 Å². The number of carbonyl (C=O) groups is 1. The third-order valence-corrected chi connectivity index (χ3v) is 3.29. The number of carbonyl (C=O) groups excluding carboxylic acids is 1. The summed E-state index contributed by atoms with van der Waals surface area (Å²) in [5.41, 5.74) is 1.78. The van der Waals surface area contributed by atoms with E-state index in [-0.39, 0.29) is 5.91 Å². The van der Waals surface area contributed by atoms with Crippen LogP contribution in [-0.2, 0) is 6.42 Å². The summed E-state index contributed by atoms with van der Waals surface area (Å²) >= 11 is 0. The summed E-state index contributed by atoms with van der Waals surface area (Å²) in [4.78, 5) is 12.1. The number of rotatable bonds is 4. The SMILES string of the molecule is O=C(NCCc1ccoc1)c1ccc2ccccc2c1. The molecule has 0 unspecified atom stereocenters. The highest BCUT2D eigenvalue weighted by Crippen LogP contribution is 2.15. The van der Waals surface area contributed by atoms with Crippen molar-refractivity contribution in [1.29, 1.82) is 0 Å². The summed E-state index contributed by atoms with van der Waals surface area (Å²) in [6.07, 6.45) is 4.11. The number of hydrogen-bond acceptors (Lipinski definition) is 2. The minimum Gasteiger partial charge on any atom is -0.472 e. The first-order valence-corrected chi connectivity index (χ1v) is 6.61. The van der Waals surface area contributed by atoms with E-state index < -0.39 is 0 Å². The molecule has 0 aliphatic carbocycles. The second kappa shape index (κ2) is 5.61. The van der Waals surface area contributed by atoms with Gasteiger partial charge in [0.1, 0.15) is 0 Å². The van der Waals surface area contributed by atoms with Crippen molar-refractivity contribution in [1.82, 2.24) is 5.32 Å². The topological polar surface area (TPSA) is 42.2 Å². The molecule has 1 heterocycles. The van der Waals surface area contributed by atoms with Crippen LogP contribution in [0.2, 0.25) is 0 Å². The Morgan fingerprint density at radius 1 is 1.05 bits per heavy atom. The smallest absolute Gasteiger partial charge is 0.251 e. The number of furan rings is 1. The van der Waals surface area contributed by atoms with Crippen molar-refractivity contribution < 1.29 is 9.21 Å². The van der Waals surface area contributed by atoms with Crippen LogP contribution in [0.15, 0.2) is 65.5 Å². The molecular formula is C17H15NO2. The summed E-state index contributed by atoms with van der Waals surface area (Å²) in [5, 5.41) is 5.14. The van der Waals surface area contributed by atoms with Crippen LogP contribution in [0.1, 0.15) is 15.9 Å². The molecule has 0 fully saturated rings. The number of nitrogens with one attached hydrogen (secondary N) is 1. The largest absolute Gasteiger partial charge is 0.472 e. The molecule has 0 aliphatic heterocycles. The van der Waals surface area contributed by atoms with Crippen LogP contribution in [0.3, 0.4) is 0 Å². The van der Waals surface area contributed by atoms with Crippen molar-refractivity contribution in [2.75, 3.05) is 6.54 Å². The van der Waals surface area contributed by atoms with Crippen molar-refractivity contribution in [3.05, 3.63) is 72.2 Å². The molecule has 0 atom stereocenters. The third-order valence-electron chi connectivity index (χ3n) is 3.29. The fourth-order valence-electron chi connectivity index (χ4n) is 2.19. The molecule has 0 bridgehead atoms. The molecule has 3 aromatic rings. The zero-order valence-electron chi connectivity index (χ0n) is 11.0. The van der Waals surface area contributed by atoms with Crippen molar-refractivity contribution in [2.24, 2.45) is 0 Å². The van der Waals surface area contributed by atoms with Gasteiger partial charge < -0.3 is 9.73 Å². The van der Waals surface area contributed by atoms with Crippen LogP contribution in [0, 0.1) is 0 Å². The molecule has 3 nitrogen and oxygen atoms in total. The van der Waals surface area contributed by atoms with Crippen molar-refractivity contribution in [3.8, 4) is 0 Å². The van der Waals surface area contributed by atoms with Gasteiger partial charge in [0.15, 0.2) is 0 Å². The van der Waals surface area contributed by atoms with E-state index >= 15 is 0 Å². The number of benzene rings is 2. The van der Waals surface area contributed by atoms with Gasteiger partial charge in [-0.3, -0.25) is 4.79 Å². The Bertz CT molecular complexity index is 717. The van der Waals surface area contributed by atoms with Crippen molar-refractivity contribution in [3.63, 3.8) is 0 Å². The minimum atomic E-state index is -0.0424. The Labute approximate surface area is 117 Å². The minimum absolute atomic E-state index is 0.0424. The molecule has 0 aliphatic rings. The number of hydrogen-bond donors (Lipinski definition) is 1. The Morgan fingerprint density at radius 2 is 1.90 bits per heavy atom. The highest BCUT2D eigenvalue weighted by molar-refractivity contribution is 5.98. The molecule has 1 amide bonds. The number of fused-ring (bicyclic) bond motifs is 1. The summed E-state index contributed by atoms with van der Waals surface area (Å²) in [6.45, 7) is 0.602. The van der Waals surface area contributed by atoms with Crippen LogP contribution in [0.5, 0.6) is 0 Å². The average molecular weight is 265 g/mol. The Morgan fingerprint density at radius 3 is 2.70 bits per heavy atom. The zero-order valence-corrected chi connectivity index (χ0v) is 11.0. The maximum Gasteiger partial charge on any atom is 0.251 e. The predicted molar refractivity (Wildman–Crippen MR) is 78.7 cm³/mol. The van der Waals surface area contributed by atoms with Crippen molar-refractivity contribution >= 4 is 16.7 Å². The molecule has 0 radical (unpaired) electrons. The lowest BCUT2D eigenvalue weighted by atomic mass is 10.1. The molecule has 0 saturated heterocycles. The van der Waals surface area contributed by atoms with Gasteiger partial charge in [-0.25, -0.2) is 0 Å². The fourth-order valence-corrected chi connectivity index (χ4v) is 2.19. The summed E-state index contributed by atoms with van der Waals surface area (Å²) < 4.78 is 4.99. The van der Waals surface area contributed by atoms with Gasteiger partial charge in [-0.05, 0) is 41.0 Å². The quantitative estimate of drug-likeness (QED) is 0.785. The highest BCUT2D eigenvalue weighted by atomic mass is 16.3. The van der Waals surface area contributed by atoms with E-state index in [1.165, 1.54) is 0 Å². The van der Waals surface area contributed by atoms with Gasteiger partial charge in [-0.2, -0.15) is 0 Å². The second-order valence-electron chi connectivity index (χ2n) is 4.70. The van der Waals surface area contributed by atoms with Crippen LogP contribution >= 0.6 is 0 Å². The van der Waals surface area contributed by atoms with E-state index in [9.17, 15) is 4.79 Å². The predicted octanol–water partition coefficient (Wildman–Crippen LogP) is 3.41. The van der Waals surface area contributed by atoms with Gasteiger partial charge in [0.2, 0.25) is 0 Å². The normalized spacial score (nSPS) is 10.6. The molecule has 0 spiro atoms. The van der Waals surface area contributed by atoms with Crippen LogP contribution in [0.4, 0.5) is 0 Å². The molecular weight excluding hydrogens is 250 g/mol. The highest BCUT2D eigenvalue weighted by Gasteiger charge is 2.05. The average Bonchev–Trinajstić information content (AvgIpc) is 3.00. The first kappa shape index (κ1) is 12.5. The molecule has 0 saturated carbocycles. The van der Waals surface area contributed by atoms with Gasteiger partial charge in [0.05, 0.1) is 12.5 Å². The lowest BCUT2D eigenvalue weighted by Gasteiger charge is -2.05. The Hall–Kier alpha value is -2.55. The molecule has 3 rings (SSSR count). The lowest BCUT2D eigenvalue weighted by molar-refractivity contribution is 0.0954. The molecule has 3 heteroatoms. The van der Waals surface area contributed by atoms with E-state index in [0.717, 1.165) is 22.8 Å². The summed E-state index contributed by atoms with van der Waals surface area (Å²) in [6, 6.07) is 15.7. The van der Waals surface area contributed by atoms with Gasteiger partial charge in [-0.1, -0.05) is 30.3 Å². The van der Waals surface area contributed by atoms with Crippen LogP contribution in [-0.4, -0.2) is 12.5 Å². The van der Waals surface area contributed by atoms with E-state index in [1.807, 2.05) is 48.5 Å². The van der Waals surface area contributed by atoms with Crippen molar-refractivity contribution in [2.45, 2.75) is 6.42 Å². The molecule has 1 N–H and O–H groups in total. The Kier molecular flexibility index (Phi) is 3.50. The van der Waals surface area contributed by atoms with Gasteiger partial charge in [0.25, 0.3) is 5.91 Å². The summed E-state index contributed by atoms with van der Waals surface area (Å²) in [5.74, 6) is -0.0424. The van der Waals surface area contributed by atoms with Crippen LogP contribution in [0.25, 0.3) is 10.8 Å². The molecule has 100 valence electrons. The zero-order chi connectivity index (χ0) is 13.8. The maximum atomic E-state index is 12.1. The first-order valence-electron chi connectivity index (χ1n) is 6.61. The second-order valence-corrected chi connectivity index (χ2v) is 4.70. The fraction of sp³-hybridized carbons (Fsp3) is 0.118. The van der Waals surface area contributed by atoms with Gasteiger partial charge in [-0.15, -0.1) is 0 Å². The Balaban J connectivity index is 1.66. The molecule has 1 aromatic heterocycles. The monoisotopic (exact) mass is 265 g/mol. The van der Waals surface area contributed by atoms with Gasteiger partial charge in [0, 0.05) is 12.1 Å². The van der Waals surface area contributed by atoms with E-state index in [2.05, 4.69) is 5.32 Å².